The van der Waals surface area contributed by atoms with Gasteiger partial charge >= 0.3 is 0 Å². The first-order chi connectivity index (χ1) is 9.54. The molecule has 0 spiro atoms. The number of aryl methyl sites for hydroxylation is 1. The summed E-state index contributed by atoms with van der Waals surface area (Å²) in [6.45, 7) is 10.7. The maximum absolute atomic E-state index is 6.15. The summed E-state index contributed by atoms with van der Waals surface area (Å²) in [6.07, 6.45) is 5.68. The molecule has 2 rings (SSSR count). The number of rotatable bonds is 6. The van der Waals surface area contributed by atoms with Crippen LogP contribution < -0.4 is 5.32 Å². The third-order valence-electron chi connectivity index (χ3n) is 4.12. The predicted octanol–water partition coefficient (Wildman–Crippen LogP) is 4.65. The Bertz CT molecular complexity index is 413. The zero-order chi connectivity index (χ0) is 14.5. The Hall–Kier alpha value is -0.380. The molecular weight excluding hydrogens is 266 g/mol. The maximum Gasteiger partial charge on any atom is 0.0731 e. The molecule has 2 unspecified atom stereocenters. The largest absolute Gasteiger partial charge is 0.373 e. The number of hydrogen-bond donors (Lipinski definition) is 1. The summed E-state index contributed by atoms with van der Waals surface area (Å²) in [5.74, 6) is 0.836. The van der Waals surface area contributed by atoms with Crippen LogP contribution in [0.4, 0.5) is 0 Å². The number of hydrogen-bond acceptors (Lipinski definition) is 3. The molecule has 0 saturated heterocycles. The highest BCUT2D eigenvalue weighted by molar-refractivity contribution is 7.12. The Morgan fingerprint density at radius 1 is 1.40 bits per heavy atom. The Labute approximate surface area is 127 Å². The van der Waals surface area contributed by atoms with Gasteiger partial charge in [0.05, 0.1) is 12.7 Å². The van der Waals surface area contributed by atoms with Gasteiger partial charge in [-0.2, -0.15) is 0 Å². The van der Waals surface area contributed by atoms with Crippen molar-refractivity contribution in [3.8, 4) is 0 Å². The Balaban J connectivity index is 1.83. The molecule has 1 fully saturated rings. The summed E-state index contributed by atoms with van der Waals surface area (Å²) < 4.78 is 6.15. The van der Waals surface area contributed by atoms with Gasteiger partial charge in [-0.25, -0.2) is 0 Å². The van der Waals surface area contributed by atoms with Gasteiger partial charge in [-0.3, -0.25) is 0 Å². The van der Waals surface area contributed by atoms with E-state index in [0.717, 1.165) is 19.1 Å². The molecule has 1 aromatic rings. The fraction of sp³-hybridized carbons (Fsp3) is 0.765. The summed E-state index contributed by atoms with van der Waals surface area (Å²) in [6, 6.07) is 2.86. The first-order valence-corrected chi connectivity index (χ1v) is 8.79. The predicted molar refractivity (Wildman–Crippen MR) is 87.2 cm³/mol. The Morgan fingerprint density at radius 3 is 2.90 bits per heavy atom. The number of thiophene rings is 1. The van der Waals surface area contributed by atoms with E-state index in [2.05, 4.69) is 39.1 Å². The first kappa shape index (κ1) is 16.0. The van der Waals surface area contributed by atoms with Crippen LogP contribution in [-0.2, 0) is 17.9 Å². The van der Waals surface area contributed by atoms with Crippen molar-refractivity contribution in [1.82, 2.24) is 5.32 Å². The monoisotopic (exact) mass is 295 g/mol. The van der Waals surface area contributed by atoms with Crippen LogP contribution in [0, 0.1) is 12.8 Å². The number of nitrogens with one attached hydrogen (secondary N) is 1. The molecule has 114 valence electrons. The molecule has 0 aromatic carbocycles. The molecule has 2 atom stereocenters. The van der Waals surface area contributed by atoms with Crippen LogP contribution in [0.25, 0.3) is 0 Å². The van der Waals surface area contributed by atoms with E-state index in [1.54, 1.807) is 0 Å². The average molecular weight is 295 g/mol. The van der Waals surface area contributed by atoms with Gasteiger partial charge in [-0.1, -0.05) is 33.6 Å². The number of ether oxygens (including phenoxy) is 1. The van der Waals surface area contributed by atoms with E-state index in [0.29, 0.717) is 12.1 Å². The minimum Gasteiger partial charge on any atom is -0.373 e. The van der Waals surface area contributed by atoms with Crippen molar-refractivity contribution in [1.29, 1.82) is 0 Å². The normalized spacial score (nSPS) is 23.4. The van der Waals surface area contributed by atoms with E-state index in [4.69, 9.17) is 4.74 Å². The molecule has 3 heteroatoms. The standard InChI is InChI=1S/C17H29NOS/c1-12(2)18-10-17-9-15(14(4)20-17)11-19-16-7-5-6-13(3)8-16/h9,12-13,16,18H,5-8,10-11H2,1-4H3. The molecule has 20 heavy (non-hydrogen) atoms. The van der Waals surface area contributed by atoms with Crippen LogP contribution in [0.2, 0.25) is 0 Å². The van der Waals surface area contributed by atoms with Crippen molar-refractivity contribution in [2.75, 3.05) is 0 Å². The van der Waals surface area contributed by atoms with E-state index in [-0.39, 0.29) is 0 Å². The first-order valence-electron chi connectivity index (χ1n) is 7.97. The lowest BCUT2D eigenvalue weighted by atomic mass is 9.89. The fourth-order valence-electron chi connectivity index (χ4n) is 2.86. The molecular formula is C17H29NOS. The van der Waals surface area contributed by atoms with Gasteiger partial charge in [0.1, 0.15) is 0 Å². The van der Waals surface area contributed by atoms with Gasteiger partial charge in [-0.15, -0.1) is 11.3 Å². The summed E-state index contributed by atoms with van der Waals surface area (Å²) >= 11 is 1.90. The van der Waals surface area contributed by atoms with Crippen molar-refractivity contribution >= 4 is 11.3 Å². The van der Waals surface area contributed by atoms with Crippen molar-refractivity contribution in [3.63, 3.8) is 0 Å². The molecule has 1 aromatic heterocycles. The van der Waals surface area contributed by atoms with Crippen molar-refractivity contribution in [2.45, 2.75) is 78.7 Å². The second-order valence-corrected chi connectivity index (χ2v) is 7.88. The topological polar surface area (TPSA) is 21.3 Å². The molecule has 1 aliphatic rings. The average Bonchev–Trinajstić information content (AvgIpc) is 2.75. The third-order valence-corrected chi connectivity index (χ3v) is 5.21. The highest BCUT2D eigenvalue weighted by Crippen LogP contribution is 2.28. The van der Waals surface area contributed by atoms with E-state index in [1.807, 2.05) is 11.3 Å². The van der Waals surface area contributed by atoms with Crippen molar-refractivity contribution in [3.05, 3.63) is 21.4 Å². The zero-order valence-corrected chi connectivity index (χ0v) is 14.2. The highest BCUT2D eigenvalue weighted by atomic mass is 32.1. The lowest BCUT2D eigenvalue weighted by molar-refractivity contribution is 0.00462. The van der Waals surface area contributed by atoms with Crippen LogP contribution in [0.1, 0.15) is 61.8 Å². The maximum atomic E-state index is 6.15. The SMILES string of the molecule is Cc1sc(CNC(C)C)cc1COC1CCCC(C)C1. The highest BCUT2D eigenvalue weighted by Gasteiger charge is 2.19. The van der Waals surface area contributed by atoms with Gasteiger partial charge in [0, 0.05) is 22.3 Å². The summed E-state index contributed by atoms with van der Waals surface area (Å²) in [7, 11) is 0. The van der Waals surface area contributed by atoms with Crippen molar-refractivity contribution in [2.24, 2.45) is 5.92 Å². The molecule has 1 saturated carbocycles. The van der Waals surface area contributed by atoms with Gasteiger partial charge in [0.25, 0.3) is 0 Å². The molecule has 2 nitrogen and oxygen atoms in total. The lowest BCUT2D eigenvalue weighted by Crippen LogP contribution is -2.21. The van der Waals surface area contributed by atoms with Crippen LogP contribution in [0.5, 0.6) is 0 Å². The minimum atomic E-state index is 0.482. The van der Waals surface area contributed by atoms with E-state index in [9.17, 15) is 0 Å². The lowest BCUT2D eigenvalue weighted by Gasteiger charge is -2.26. The molecule has 0 bridgehead atoms. The quantitative estimate of drug-likeness (QED) is 0.825. The molecule has 1 N–H and O–H groups in total. The Morgan fingerprint density at radius 2 is 2.20 bits per heavy atom. The summed E-state index contributed by atoms with van der Waals surface area (Å²) in [5, 5.41) is 3.48. The fourth-order valence-corrected chi connectivity index (χ4v) is 3.86. The molecule has 1 aliphatic carbocycles. The Kier molecular flexibility index (Phi) is 6.06. The second kappa shape index (κ2) is 7.58. The summed E-state index contributed by atoms with van der Waals surface area (Å²) in [5.41, 5.74) is 1.38. The molecule has 0 amide bonds. The second-order valence-electron chi connectivity index (χ2n) is 6.53. The van der Waals surface area contributed by atoms with Gasteiger partial charge in [0.15, 0.2) is 0 Å². The van der Waals surface area contributed by atoms with E-state index in [1.165, 1.54) is 41.0 Å². The van der Waals surface area contributed by atoms with Crippen LogP contribution in [0.3, 0.4) is 0 Å². The third kappa shape index (κ3) is 4.87. The molecule has 0 aliphatic heterocycles. The molecule has 1 heterocycles. The van der Waals surface area contributed by atoms with Crippen LogP contribution in [-0.4, -0.2) is 12.1 Å². The van der Waals surface area contributed by atoms with Gasteiger partial charge in [0.2, 0.25) is 0 Å². The van der Waals surface area contributed by atoms with E-state index < -0.39 is 0 Å². The summed E-state index contributed by atoms with van der Waals surface area (Å²) in [4.78, 5) is 2.83. The minimum absolute atomic E-state index is 0.482. The molecule has 0 radical (unpaired) electrons. The van der Waals surface area contributed by atoms with Crippen LogP contribution in [0.15, 0.2) is 6.07 Å². The zero-order valence-electron chi connectivity index (χ0n) is 13.4. The smallest absolute Gasteiger partial charge is 0.0731 e. The van der Waals surface area contributed by atoms with E-state index >= 15 is 0 Å². The van der Waals surface area contributed by atoms with Crippen LogP contribution >= 0.6 is 11.3 Å². The van der Waals surface area contributed by atoms with Crippen molar-refractivity contribution < 1.29 is 4.74 Å². The van der Waals surface area contributed by atoms with Gasteiger partial charge in [-0.05, 0) is 37.3 Å². The van der Waals surface area contributed by atoms with Gasteiger partial charge < -0.3 is 10.1 Å².